The van der Waals surface area contributed by atoms with Crippen LogP contribution in [0, 0.1) is 5.41 Å². The summed E-state index contributed by atoms with van der Waals surface area (Å²) in [5.41, 5.74) is -2.23. The topological polar surface area (TPSA) is 173 Å². The van der Waals surface area contributed by atoms with Gasteiger partial charge in [-0.15, -0.1) is 0 Å². The number of carboxylic acid groups (broad SMARTS) is 1. The minimum Gasteiger partial charge on any atom is -0.481 e. The zero-order valence-electron chi connectivity index (χ0n) is 10.1. The Kier molecular flexibility index (Phi) is 6.32. The Morgan fingerprint density at radius 3 is 1.68 bits per heavy atom. The highest BCUT2D eigenvalue weighted by Gasteiger charge is 2.59. The summed E-state index contributed by atoms with van der Waals surface area (Å²) in [5, 5.41) is 45.5. The summed E-state index contributed by atoms with van der Waals surface area (Å²) < 4.78 is 29.7. The lowest BCUT2D eigenvalue weighted by Gasteiger charge is -2.44. The number of aliphatic hydroxyl groups is 4. The van der Waals surface area contributed by atoms with Crippen molar-refractivity contribution in [3.05, 3.63) is 0 Å². The first-order chi connectivity index (χ1) is 8.66. The quantitative estimate of drug-likeness (QED) is 0.250. The SMILES string of the molecule is O=C(O)CC(CO)(CO)C(CO)(CCO)S(=O)(=O)O. The lowest BCUT2D eigenvalue weighted by Crippen LogP contribution is -2.61. The van der Waals surface area contributed by atoms with Crippen molar-refractivity contribution >= 4 is 16.1 Å². The highest BCUT2D eigenvalue weighted by Crippen LogP contribution is 2.42. The number of aliphatic hydroxyl groups excluding tert-OH is 4. The molecule has 19 heavy (non-hydrogen) atoms. The number of rotatable bonds is 9. The first kappa shape index (κ1) is 18.2. The average Bonchev–Trinajstić information content (AvgIpc) is 2.31. The summed E-state index contributed by atoms with van der Waals surface area (Å²) in [7, 11) is -5.06. The van der Waals surface area contributed by atoms with E-state index in [4.69, 9.17) is 10.2 Å². The normalized spacial score (nSPS) is 16.1. The molecule has 0 rings (SSSR count). The number of carbonyl (C=O) groups is 1. The maximum Gasteiger partial charge on any atom is 0.304 e. The van der Waals surface area contributed by atoms with Crippen molar-refractivity contribution in [1.82, 2.24) is 0 Å². The molecule has 10 heteroatoms. The fraction of sp³-hybridized carbons (Fsp3) is 0.889. The maximum absolute atomic E-state index is 11.5. The number of hydrogen-bond donors (Lipinski definition) is 6. The van der Waals surface area contributed by atoms with Gasteiger partial charge in [-0.25, -0.2) is 0 Å². The van der Waals surface area contributed by atoms with Crippen LogP contribution in [-0.4, -0.2) is 75.6 Å². The Balaban J connectivity index is 6.09. The van der Waals surface area contributed by atoms with Crippen LogP contribution in [0.25, 0.3) is 0 Å². The van der Waals surface area contributed by atoms with Gasteiger partial charge in [0, 0.05) is 6.61 Å². The maximum atomic E-state index is 11.5. The highest BCUT2D eigenvalue weighted by atomic mass is 32.2. The van der Waals surface area contributed by atoms with Crippen LogP contribution in [0.4, 0.5) is 0 Å². The largest absolute Gasteiger partial charge is 0.481 e. The summed E-state index contributed by atoms with van der Waals surface area (Å²) in [6, 6.07) is 0. The van der Waals surface area contributed by atoms with Gasteiger partial charge in [0.25, 0.3) is 10.1 Å². The number of hydrogen-bond acceptors (Lipinski definition) is 7. The van der Waals surface area contributed by atoms with E-state index in [1.165, 1.54) is 0 Å². The third-order valence-electron chi connectivity index (χ3n) is 3.33. The molecule has 0 fully saturated rings. The van der Waals surface area contributed by atoms with Crippen LogP contribution in [0.3, 0.4) is 0 Å². The molecule has 6 N–H and O–H groups in total. The predicted octanol–water partition coefficient (Wildman–Crippen LogP) is -2.57. The zero-order chi connectivity index (χ0) is 15.3. The molecule has 0 aliphatic rings. The minimum atomic E-state index is -5.06. The second-order valence-electron chi connectivity index (χ2n) is 4.27. The molecule has 0 aromatic rings. The summed E-state index contributed by atoms with van der Waals surface area (Å²) >= 11 is 0. The van der Waals surface area contributed by atoms with E-state index in [2.05, 4.69) is 0 Å². The van der Waals surface area contributed by atoms with Crippen LogP contribution in [0.1, 0.15) is 12.8 Å². The molecule has 0 aliphatic heterocycles. The van der Waals surface area contributed by atoms with E-state index in [0.29, 0.717) is 0 Å². The molecule has 0 aromatic carbocycles. The van der Waals surface area contributed by atoms with Gasteiger partial charge in [0.05, 0.1) is 31.7 Å². The van der Waals surface area contributed by atoms with E-state index in [-0.39, 0.29) is 0 Å². The van der Waals surface area contributed by atoms with Crippen LogP contribution >= 0.6 is 0 Å². The molecule has 0 heterocycles. The smallest absolute Gasteiger partial charge is 0.304 e. The molecule has 0 aromatic heterocycles. The van der Waals surface area contributed by atoms with Crippen molar-refractivity contribution in [2.75, 3.05) is 26.4 Å². The molecule has 0 aliphatic carbocycles. The second-order valence-corrected chi connectivity index (χ2v) is 6.00. The highest BCUT2D eigenvalue weighted by molar-refractivity contribution is 7.87. The van der Waals surface area contributed by atoms with Crippen molar-refractivity contribution in [1.29, 1.82) is 0 Å². The van der Waals surface area contributed by atoms with Crippen molar-refractivity contribution in [2.45, 2.75) is 17.6 Å². The molecule has 0 amide bonds. The van der Waals surface area contributed by atoms with Gasteiger partial charge >= 0.3 is 5.97 Å². The molecule has 0 saturated carbocycles. The molecular weight excluding hydrogens is 284 g/mol. The Morgan fingerprint density at radius 2 is 1.47 bits per heavy atom. The van der Waals surface area contributed by atoms with E-state index in [1.807, 2.05) is 0 Å². The average molecular weight is 302 g/mol. The van der Waals surface area contributed by atoms with Crippen molar-refractivity contribution in [3.8, 4) is 0 Å². The number of carboxylic acids is 1. The Morgan fingerprint density at radius 1 is 1.00 bits per heavy atom. The lowest BCUT2D eigenvalue weighted by molar-refractivity contribution is -0.143. The van der Waals surface area contributed by atoms with Crippen LogP contribution in [-0.2, 0) is 14.9 Å². The Bertz CT molecular complexity index is 400. The van der Waals surface area contributed by atoms with Gasteiger partial charge in [0.2, 0.25) is 0 Å². The fourth-order valence-corrected chi connectivity index (χ4v) is 3.34. The molecule has 1 atom stereocenters. The van der Waals surface area contributed by atoms with Crippen LogP contribution < -0.4 is 0 Å². The molecule has 0 radical (unpaired) electrons. The summed E-state index contributed by atoms with van der Waals surface area (Å²) in [5.74, 6) is -1.54. The van der Waals surface area contributed by atoms with Gasteiger partial charge in [-0.3, -0.25) is 9.35 Å². The standard InChI is InChI=1S/C9H18O9S/c10-2-1-9(6-13,19(16,17)18)8(4-11,5-12)3-7(14)15/h10-13H,1-6H2,(H,14,15)(H,16,17,18). The van der Waals surface area contributed by atoms with E-state index < -0.39 is 65.5 Å². The zero-order valence-corrected chi connectivity index (χ0v) is 10.9. The lowest BCUT2D eigenvalue weighted by atomic mass is 9.72. The molecule has 9 nitrogen and oxygen atoms in total. The summed E-state index contributed by atoms with van der Waals surface area (Å²) in [6.45, 7) is -4.30. The van der Waals surface area contributed by atoms with Crippen LogP contribution in [0.5, 0.6) is 0 Å². The van der Waals surface area contributed by atoms with Gasteiger partial charge < -0.3 is 25.5 Å². The second kappa shape index (κ2) is 6.59. The first-order valence-electron chi connectivity index (χ1n) is 5.28. The molecular formula is C9H18O9S. The molecule has 114 valence electrons. The Hall–Kier alpha value is -0.780. The molecule has 0 spiro atoms. The van der Waals surface area contributed by atoms with Crippen LogP contribution in [0.15, 0.2) is 0 Å². The fourth-order valence-electron chi connectivity index (χ4n) is 2.08. The monoisotopic (exact) mass is 302 g/mol. The van der Waals surface area contributed by atoms with E-state index in [1.54, 1.807) is 0 Å². The molecule has 1 unspecified atom stereocenters. The van der Waals surface area contributed by atoms with Crippen molar-refractivity contribution < 1.29 is 43.3 Å². The first-order valence-corrected chi connectivity index (χ1v) is 6.72. The van der Waals surface area contributed by atoms with Crippen molar-refractivity contribution in [3.63, 3.8) is 0 Å². The van der Waals surface area contributed by atoms with Gasteiger partial charge in [0.15, 0.2) is 0 Å². The van der Waals surface area contributed by atoms with Crippen LogP contribution in [0.2, 0.25) is 0 Å². The van der Waals surface area contributed by atoms with Gasteiger partial charge in [-0.05, 0) is 6.42 Å². The van der Waals surface area contributed by atoms with Crippen molar-refractivity contribution in [2.24, 2.45) is 5.41 Å². The Labute approximate surface area is 109 Å². The minimum absolute atomic E-state index is 0.739. The third-order valence-corrected chi connectivity index (χ3v) is 5.08. The van der Waals surface area contributed by atoms with Gasteiger partial charge in [-0.2, -0.15) is 8.42 Å². The summed E-state index contributed by atoms with van der Waals surface area (Å²) in [4.78, 5) is 10.8. The molecule has 0 bridgehead atoms. The third kappa shape index (κ3) is 3.22. The molecule has 0 saturated heterocycles. The van der Waals surface area contributed by atoms with E-state index in [9.17, 15) is 33.1 Å². The van der Waals surface area contributed by atoms with E-state index in [0.717, 1.165) is 0 Å². The predicted molar refractivity (Wildman–Crippen MR) is 61.9 cm³/mol. The van der Waals surface area contributed by atoms with Gasteiger partial charge in [-0.1, -0.05) is 0 Å². The van der Waals surface area contributed by atoms with E-state index >= 15 is 0 Å². The van der Waals surface area contributed by atoms with Gasteiger partial charge in [0.1, 0.15) is 4.75 Å². The number of aliphatic carboxylic acids is 1. The summed E-state index contributed by atoms with van der Waals surface area (Å²) in [6.07, 6.45) is -1.75.